The lowest BCUT2D eigenvalue weighted by Gasteiger charge is -2.09. The molecular weight excluding hydrogens is 204 g/mol. The fraction of sp³-hybridized carbons (Fsp3) is 0.286. The summed E-state index contributed by atoms with van der Waals surface area (Å²) in [7, 11) is 0. The summed E-state index contributed by atoms with van der Waals surface area (Å²) in [5.74, 6) is -0.276. The molecule has 0 radical (unpaired) electrons. The minimum absolute atomic E-state index is 0.181. The van der Waals surface area contributed by atoms with Gasteiger partial charge in [0.1, 0.15) is 0 Å². The molecule has 0 aliphatic rings. The van der Waals surface area contributed by atoms with E-state index < -0.39 is 13.2 Å². The van der Waals surface area contributed by atoms with Gasteiger partial charge in [0, 0.05) is 11.8 Å². The number of aromatic nitrogens is 1. The molecule has 0 aromatic carbocycles. The van der Waals surface area contributed by atoms with Crippen molar-refractivity contribution in [3.63, 3.8) is 0 Å². The average Bonchev–Trinajstić information content (AvgIpc) is 2.08. The molecule has 0 fully saturated rings. The summed E-state index contributed by atoms with van der Waals surface area (Å²) in [6, 6.07) is 1.35. The van der Waals surface area contributed by atoms with Gasteiger partial charge in [0.25, 0.3) is 0 Å². The van der Waals surface area contributed by atoms with Crippen LogP contribution in [-0.2, 0) is 6.61 Å². The fourth-order valence-corrected chi connectivity index (χ4v) is 1.02. The van der Waals surface area contributed by atoms with Gasteiger partial charge in [-0.25, -0.2) is 4.98 Å². The molecule has 1 heterocycles. The second kappa shape index (κ2) is 4.34. The van der Waals surface area contributed by atoms with Crippen LogP contribution in [0.15, 0.2) is 12.3 Å². The number of hydrogen-bond donors (Lipinski definition) is 1. The molecule has 3 nitrogen and oxygen atoms in total. The fourth-order valence-electron chi connectivity index (χ4n) is 0.797. The molecule has 0 aliphatic carbocycles. The first-order valence-corrected chi connectivity index (χ1v) is 3.72. The highest BCUT2D eigenvalue weighted by Crippen LogP contribution is 2.27. The summed E-state index contributed by atoms with van der Waals surface area (Å²) in [5, 5.41) is 8.56. The van der Waals surface area contributed by atoms with E-state index in [2.05, 4.69) is 9.72 Å². The molecule has 1 aromatic rings. The van der Waals surface area contributed by atoms with E-state index >= 15 is 0 Å². The Morgan fingerprint density at radius 2 is 2.31 bits per heavy atom. The van der Waals surface area contributed by atoms with Crippen LogP contribution >= 0.6 is 11.6 Å². The molecule has 0 atom stereocenters. The van der Waals surface area contributed by atoms with Gasteiger partial charge in [-0.15, -0.1) is 0 Å². The zero-order chi connectivity index (χ0) is 9.84. The summed E-state index contributed by atoms with van der Waals surface area (Å²) in [6.45, 7) is -3.41. The number of ether oxygens (including phenoxy) is 1. The molecule has 0 aliphatic heterocycles. The molecule has 13 heavy (non-hydrogen) atoms. The topological polar surface area (TPSA) is 42.4 Å². The Morgan fingerprint density at radius 3 is 2.85 bits per heavy atom. The Kier molecular flexibility index (Phi) is 3.39. The maximum Gasteiger partial charge on any atom is 0.387 e. The van der Waals surface area contributed by atoms with Gasteiger partial charge in [-0.05, 0) is 6.07 Å². The van der Waals surface area contributed by atoms with Gasteiger partial charge in [0.05, 0.1) is 6.61 Å². The van der Waals surface area contributed by atoms with E-state index in [4.69, 9.17) is 16.7 Å². The Morgan fingerprint density at radius 1 is 1.62 bits per heavy atom. The standard InChI is InChI=1S/C7H6ClF2NO2/c8-6-5(13-7(9)10)4(3-12)1-2-11-6/h1-2,7,12H,3H2. The third-order valence-corrected chi connectivity index (χ3v) is 1.59. The molecule has 72 valence electrons. The highest BCUT2D eigenvalue weighted by Gasteiger charge is 2.13. The van der Waals surface area contributed by atoms with Crippen molar-refractivity contribution in [3.05, 3.63) is 23.0 Å². The van der Waals surface area contributed by atoms with Crippen LogP contribution in [-0.4, -0.2) is 16.7 Å². The molecule has 0 bridgehead atoms. The quantitative estimate of drug-likeness (QED) is 0.773. The van der Waals surface area contributed by atoms with Gasteiger partial charge < -0.3 is 9.84 Å². The molecular formula is C7H6ClF2NO2. The number of aliphatic hydroxyl groups is 1. The molecule has 0 saturated carbocycles. The van der Waals surface area contributed by atoms with E-state index in [-0.39, 0.29) is 16.5 Å². The van der Waals surface area contributed by atoms with Crippen LogP contribution in [0.25, 0.3) is 0 Å². The van der Waals surface area contributed by atoms with Crippen molar-refractivity contribution in [1.29, 1.82) is 0 Å². The third-order valence-electron chi connectivity index (χ3n) is 1.32. The van der Waals surface area contributed by atoms with Gasteiger partial charge >= 0.3 is 6.61 Å². The second-order valence-corrected chi connectivity index (χ2v) is 2.48. The highest BCUT2D eigenvalue weighted by atomic mass is 35.5. The van der Waals surface area contributed by atoms with Crippen molar-refractivity contribution in [2.24, 2.45) is 0 Å². The first-order chi connectivity index (χ1) is 6.15. The summed E-state index contributed by atoms with van der Waals surface area (Å²) in [5.41, 5.74) is 0.181. The lowest BCUT2D eigenvalue weighted by molar-refractivity contribution is -0.0511. The molecule has 0 saturated heterocycles. The number of nitrogens with zero attached hydrogens (tertiary/aromatic N) is 1. The first kappa shape index (κ1) is 10.1. The summed E-state index contributed by atoms with van der Waals surface area (Å²) < 4.78 is 27.7. The van der Waals surface area contributed by atoms with Gasteiger partial charge in [-0.2, -0.15) is 8.78 Å². The van der Waals surface area contributed by atoms with Crippen molar-refractivity contribution in [2.45, 2.75) is 13.2 Å². The molecule has 0 unspecified atom stereocenters. The van der Waals surface area contributed by atoms with E-state index in [9.17, 15) is 8.78 Å². The molecule has 1 aromatic heterocycles. The Labute approximate surface area is 77.9 Å². The van der Waals surface area contributed by atoms with Crippen LogP contribution in [0.3, 0.4) is 0 Å². The minimum Gasteiger partial charge on any atom is -0.431 e. The van der Waals surface area contributed by atoms with Crippen LogP contribution in [0.4, 0.5) is 8.78 Å². The van der Waals surface area contributed by atoms with E-state index in [0.29, 0.717) is 0 Å². The number of hydrogen-bond acceptors (Lipinski definition) is 3. The van der Waals surface area contributed by atoms with Crippen molar-refractivity contribution in [2.75, 3.05) is 0 Å². The average molecular weight is 210 g/mol. The van der Waals surface area contributed by atoms with Crippen LogP contribution in [0.5, 0.6) is 5.75 Å². The second-order valence-electron chi connectivity index (χ2n) is 2.13. The molecule has 0 amide bonds. The predicted molar refractivity (Wildman–Crippen MR) is 41.8 cm³/mol. The first-order valence-electron chi connectivity index (χ1n) is 3.34. The van der Waals surface area contributed by atoms with Gasteiger partial charge in [0.15, 0.2) is 10.9 Å². The number of halogens is 3. The largest absolute Gasteiger partial charge is 0.431 e. The van der Waals surface area contributed by atoms with Gasteiger partial charge in [0.2, 0.25) is 0 Å². The van der Waals surface area contributed by atoms with Gasteiger partial charge in [-0.3, -0.25) is 0 Å². The van der Waals surface area contributed by atoms with Crippen molar-refractivity contribution < 1.29 is 18.6 Å². The molecule has 1 N–H and O–H groups in total. The van der Waals surface area contributed by atoms with E-state index in [1.165, 1.54) is 12.3 Å². The van der Waals surface area contributed by atoms with Crippen LogP contribution < -0.4 is 4.74 Å². The SMILES string of the molecule is OCc1ccnc(Cl)c1OC(F)F. The number of rotatable bonds is 3. The lowest BCUT2D eigenvalue weighted by Crippen LogP contribution is -2.05. The number of aliphatic hydroxyl groups excluding tert-OH is 1. The summed E-state index contributed by atoms with van der Waals surface area (Å²) in [4.78, 5) is 3.54. The normalized spacial score (nSPS) is 10.5. The predicted octanol–water partition coefficient (Wildman–Crippen LogP) is 1.83. The van der Waals surface area contributed by atoms with Crippen LogP contribution in [0.2, 0.25) is 5.15 Å². The van der Waals surface area contributed by atoms with E-state index in [0.717, 1.165) is 0 Å². The van der Waals surface area contributed by atoms with E-state index in [1.54, 1.807) is 0 Å². The van der Waals surface area contributed by atoms with Crippen molar-refractivity contribution in [3.8, 4) is 5.75 Å². The van der Waals surface area contributed by atoms with Crippen LogP contribution in [0, 0.1) is 0 Å². The summed E-state index contributed by atoms with van der Waals surface area (Å²) in [6.07, 6.45) is 1.30. The van der Waals surface area contributed by atoms with Crippen LogP contribution in [0.1, 0.15) is 5.56 Å². The van der Waals surface area contributed by atoms with Crippen molar-refractivity contribution >= 4 is 11.6 Å². The maximum atomic E-state index is 11.8. The summed E-state index contributed by atoms with van der Waals surface area (Å²) >= 11 is 5.47. The smallest absolute Gasteiger partial charge is 0.387 e. The molecule has 6 heteroatoms. The van der Waals surface area contributed by atoms with Crippen molar-refractivity contribution in [1.82, 2.24) is 4.98 Å². The zero-order valence-electron chi connectivity index (χ0n) is 6.38. The number of alkyl halides is 2. The van der Waals surface area contributed by atoms with Gasteiger partial charge in [-0.1, -0.05) is 11.6 Å². The molecule has 0 spiro atoms. The Balaban J connectivity index is 3.00. The molecule has 1 rings (SSSR count). The Bertz CT molecular complexity index is 296. The minimum atomic E-state index is -2.98. The zero-order valence-corrected chi connectivity index (χ0v) is 7.13. The third kappa shape index (κ3) is 2.50. The monoisotopic (exact) mass is 209 g/mol. The lowest BCUT2D eigenvalue weighted by atomic mass is 10.2. The highest BCUT2D eigenvalue weighted by molar-refractivity contribution is 6.30. The van der Waals surface area contributed by atoms with E-state index in [1.807, 2.05) is 0 Å². The maximum absolute atomic E-state index is 11.8. The Hall–Kier alpha value is -0.940. The number of pyridine rings is 1.